The molecule has 32 heavy (non-hydrogen) atoms. The second-order valence-corrected chi connectivity index (χ2v) is 10.1. The number of hydrogen-bond acceptors (Lipinski definition) is 6. The fraction of sp³-hybridized carbons (Fsp3) is 0.783. The van der Waals surface area contributed by atoms with Gasteiger partial charge in [-0.2, -0.15) is 0 Å². The van der Waals surface area contributed by atoms with E-state index in [2.05, 4.69) is 29.4 Å². The molecule has 0 saturated carbocycles. The van der Waals surface area contributed by atoms with Crippen LogP contribution in [0.5, 0.6) is 0 Å². The number of aliphatic hydroxyl groups excluding tert-OH is 1. The van der Waals surface area contributed by atoms with Crippen molar-refractivity contribution in [3.63, 3.8) is 0 Å². The molecule has 3 saturated heterocycles. The molecular formula is C23H35BrN2O6. The standard InChI is InChI=1S/C23H35BrN2O6/c1-5-9-14(4)25(10-6-2)21(29)19-23-13-15(24)18(32-23)16(22(30)31-7-3)17(23)20(28)26(19)11-8-12-27/h6,14-19,27H,2,5,7-13H2,1,3-4H3/t14?,15?,16-,17+,18-,19-,23+/m0/s1. The summed E-state index contributed by atoms with van der Waals surface area (Å²) in [6.07, 6.45) is 3.72. The Kier molecular flexibility index (Phi) is 8.04. The Labute approximate surface area is 198 Å². The molecule has 1 spiro atoms. The zero-order valence-electron chi connectivity index (χ0n) is 19.2. The molecule has 7 atom stereocenters. The molecule has 8 nitrogen and oxygen atoms in total. The fourth-order valence-corrected chi connectivity index (χ4v) is 6.70. The number of aliphatic hydroxyl groups is 1. The van der Waals surface area contributed by atoms with E-state index >= 15 is 0 Å². The van der Waals surface area contributed by atoms with Gasteiger partial charge in [0, 0.05) is 30.6 Å². The maximum Gasteiger partial charge on any atom is 0.312 e. The van der Waals surface area contributed by atoms with Gasteiger partial charge in [-0.3, -0.25) is 14.4 Å². The minimum atomic E-state index is -1.09. The predicted molar refractivity (Wildman–Crippen MR) is 122 cm³/mol. The lowest BCUT2D eigenvalue weighted by Gasteiger charge is -2.39. The smallest absolute Gasteiger partial charge is 0.312 e. The van der Waals surface area contributed by atoms with E-state index in [9.17, 15) is 19.5 Å². The highest BCUT2D eigenvalue weighted by molar-refractivity contribution is 9.09. The summed E-state index contributed by atoms with van der Waals surface area (Å²) < 4.78 is 11.7. The molecule has 0 aromatic rings. The van der Waals surface area contributed by atoms with E-state index in [-0.39, 0.29) is 42.4 Å². The summed E-state index contributed by atoms with van der Waals surface area (Å²) in [6.45, 7) is 10.3. The number of amides is 2. The Morgan fingerprint density at radius 2 is 2.19 bits per heavy atom. The Morgan fingerprint density at radius 1 is 1.47 bits per heavy atom. The maximum absolute atomic E-state index is 14.0. The SMILES string of the molecule is C=CCN(C(=O)[C@@H]1N(CCCO)C(=O)[C@H]2[C@H](C(=O)OCC)[C@H]3O[C@@]12CC3Br)C(C)CCC. The van der Waals surface area contributed by atoms with Crippen LogP contribution < -0.4 is 0 Å². The average Bonchev–Trinajstić information content (AvgIpc) is 3.34. The molecule has 3 heterocycles. The molecule has 0 radical (unpaired) electrons. The summed E-state index contributed by atoms with van der Waals surface area (Å²) in [5, 5.41) is 9.41. The van der Waals surface area contributed by atoms with Crippen molar-refractivity contribution in [3.05, 3.63) is 12.7 Å². The van der Waals surface area contributed by atoms with Gasteiger partial charge in [0.25, 0.3) is 0 Å². The molecule has 0 aromatic heterocycles. The van der Waals surface area contributed by atoms with Crippen LogP contribution in [0.2, 0.25) is 0 Å². The monoisotopic (exact) mass is 514 g/mol. The van der Waals surface area contributed by atoms with Gasteiger partial charge in [0.1, 0.15) is 11.6 Å². The Bertz CT molecular complexity index is 748. The number of carbonyl (C=O) groups is 3. The van der Waals surface area contributed by atoms with E-state index < -0.39 is 35.6 Å². The van der Waals surface area contributed by atoms with Gasteiger partial charge in [-0.15, -0.1) is 6.58 Å². The first kappa shape index (κ1) is 25.2. The lowest BCUT2D eigenvalue weighted by Crippen LogP contribution is -2.58. The number of esters is 1. The highest BCUT2D eigenvalue weighted by atomic mass is 79.9. The van der Waals surface area contributed by atoms with Gasteiger partial charge < -0.3 is 24.4 Å². The Hall–Kier alpha value is -1.45. The third kappa shape index (κ3) is 4.01. The van der Waals surface area contributed by atoms with Crippen LogP contribution in [0.25, 0.3) is 0 Å². The van der Waals surface area contributed by atoms with Crippen molar-refractivity contribution in [2.45, 2.75) is 75.1 Å². The molecule has 1 N–H and O–H groups in total. The third-order valence-electron chi connectivity index (χ3n) is 6.99. The van der Waals surface area contributed by atoms with Crippen molar-refractivity contribution in [1.29, 1.82) is 0 Å². The molecule has 180 valence electrons. The largest absolute Gasteiger partial charge is 0.466 e. The minimum Gasteiger partial charge on any atom is -0.466 e. The first-order chi connectivity index (χ1) is 15.3. The van der Waals surface area contributed by atoms with Gasteiger partial charge in [-0.1, -0.05) is 35.4 Å². The lowest BCUT2D eigenvalue weighted by atomic mass is 9.70. The van der Waals surface area contributed by atoms with Crippen molar-refractivity contribution in [2.24, 2.45) is 11.8 Å². The molecule has 0 aliphatic carbocycles. The normalized spacial score (nSPS) is 33.8. The number of alkyl halides is 1. The minimum absolute atomic E-state index is 0.0324. The number of likely N-dealkylation sites (tertiary alicyclic amines) is 1. The van der Waals surface area contributed by atoms with Crippen molar-refractivity contribution in [2.75, 3.05) is 26.3 Å². The fourth-order valence-electron chi connectivity index (χ4n) is 5.76. The van der Waals surface area contributed by atoms with Crippen molar-refractivity contribution < 1.29 is 29.0 Å². The Balaban J connectivity index is 2.04. The van der Waals surface area contributed by atoms with E-state index in [1.54, 1.807) is 17.9 Å². The quantitative estimate of drug-likeness (QED) is 0.257. The predicted octanol–water partition coefficient (Wildman–Crippen LogP) is 1.88. The van der Waals surface area contributed by atoms with Crippen LogP contribution in [-0.2, 0) is 23.9 Å². The number of halogens is 1. The van der Waals surface area contributed by atoms with Crippen LogP contribution >= 0.6 is 15.9 Å². The Morgan fingerprint density at radius 3 is 2.78 bits per heavy atom. The topological polar surface area (TPSA) is 96.4 Å². The van der Waals surface area contributed by atoms with Crippen LogP contribution in [0.1, 0.15) is 46.5 Å². The molecule has 3 aliphatic rings. The molecule has 3 rings (SSSR count). The van der Waals surface area contributed by atoms with E-state index in [1.165, 1.54) is 4.90 Å². The number of fused-ring (bicyclic) bond motifs is 1. The van der Waals surface area contributed by atoms with Crippen LogP contribution in [0.3, 0.4) is 0 Å². The zero-order valence-corrected chi connectivity index (χ0v) is 20.8. The first-order valence-electron chi connectivity index (χ1n) is 11.6. The molecule has 2 unspecified atom stereocenters. The number of hydrogen-bond donors (Lipinski definition) is 1. The van der Waals surface area contributed by atoms with Gasteiger partial charge >= 0.3 is 5.97 Å². The molecule has 2 bridgehead atoms. The summed E-state index contributed by atoms with van der Waals surface area (Å²) in [6, 6.07) is -0.884. The van der Waals surface area contributed by atoms with E-state index in [4.69, 9.17) is 9.47 Å². The van der Waals surface area contributed by atoms with Gasteiger partial charge in [0.05, 0.1) is 24.5 Å². The van der Waals surface area contributed by atoms with Crippen LogP contribution in [-0.4, -0.2) is 87.6 Å². The molecule has 3 aliphatic heterocycles. The molecule has 2 amide bonds. The molecule has 3 fully saturated rings. The molecular weight excluding hydrogens is 480 g/mol. The second kappa shape index (κ2) is 10.2. The lowest BCUT2D eigenvalue weighted by molar-refractivity contribution is -0.155. The molecule has 0 aromatic carbocycles. The zero-order chi connectivity index (χ0) is 23.6. The average molecular weight is 515 g/mol. The molecule has 9 heteroatoms. The van der Waals surface area contributed by atoms with Gasteiger partial charge in [0.2, 0.25) is 11.8 Å². The summed E-state index contributed by atoms with van der Waals surface area (Å²) in [7, 11) is 0. The number of nitrogens with zero attached hydrogens (tertiary/aromatic N) is 2. The van der Waals surface area contributed by atoms with E-state index in [1.807, 2.05) is 6.92 Å². The summed E-state index contributed by atoms with van der Waals surface area (Å²) in [5.41, 5.74) is -1.09. The second-order valence-electron chi connectivity index (χ2n) is 8.94. The third-order valence-corrected chi connectivity index (χ3v) is 7.83. The van der Waals surface area contributed by atoms with E-state index in [0.717, 1.165) is 12.8 Å². The van der Waals surface area contributed by atoms with Crippen LogP contribution in [0.15, 0.2) is 12.7 Å². The highest BCUT2D eigenvalue weighted by Crippen LogP contribution is 2.60. The summed E-state index contributed by atoms with van der Waals surface area (Å²) >= 11 is 3.63. The summed E-state index contributed by atoms with van der Waals surface area (Å²) in [4.78, 5) is 43.6. The van der Waals surface area contributed by atoms with E-state index in [0.29, 0.717) is 19.4 Å². The maximum atomic E-state index is 14.0. The van der Waals surface area contributed by atoms with Gasteiger partial charge in [-0.25, -0.2) is 0 Å². The van der Waals surface area contributed by atoms with Crippen molar-refractivity contribution in [1.82, 2.24) is 9.80 Å². The van der Waals surface area contributed by atoms with Gasteiger partial charge in [0.15, 0.2) is 0 Å². The number of rotatable bonds is 11. The van der Waals surface area contributed by atoms with Crippen molar-refractivity contribution >= 4 is 33.7 Å². The number of carbonyl (C=O) groups excluding carboxylic acids is 3. The van der Waals surface area contributed by atoms with Crippen molar-refractivity contribution in [3.8, 4) is 0 Å². The first-order valence-corrected chi connectivity index (χ1v) is 12.5. The number of ether oxygens (including phenoxy) is 2. The van der Waals surface area contributed by atoms with Gasteiger partial charge in [-0.05, 0) is 33.1 Å². The van der Waals surface area contributed by atoms with Crippen LogP contribution in [0.4, 0.5) is 0 Å². The van der Waals surface area contributed by atoms with Crippen LogP contribution in [0, 0.1) is 11.8 Å². The highest BCUT2D eigenvalue weighted by Gasteiger charge is 2.77. The summed E-state index contributed by atoms with van der Waals surface area (Å²) in [5.74, 6) is -2.43.